The molecule has 186 valence electrons. The van der Waals surface area contributed by atoms with Crippen LogP contribution >= 0.6 is 0 Å². The van der Waals surface area contributed by atoms with Gasteiger partial charge in [-0.05, 0) is 101 Å². The van der Waals surface area contributed by atoms with E-state index in [1.165, 1.54) is 25.9 Å². The van der Waals surface area contributed by atoms with Crippen molar-refractivity contribution in [3.05, 3.63) is 72.6 Å². The predicted molar refractivity (Wildman–Crippen MR) is 144 cm³/mol. The Morgan fingerprint density at radius 1 is 0.833 bits per heavy atom. The van der Waals surface area contributed by atoms with Gasteiger partial charge in [0.05, 0.1) is 11.4 Å². The van der Waals surface area contributed by atoms with Crippen LogP contribution in [-0.2, 0) is 0 Å². The minimum atomic E-state index is 0.429. The summed E-state index contributed by atoms with van der Waals surface area (Å²) < 4.78 is 7.93. The highest BCUT2D eigenvalue weighted by atomic mass is 16.5. The van der Waals surface area contributed by atoms with Gasteiger partial charge in [-0.3, -0.25) is 0 Å². The number of hydrogen-bond donors (Lipinski definition) is 1. The van der Waals surface area contributed by atoms with Crippen molar-refractivity contribution in [3.8, 4) is 17.2 Å². The number of hydrogen-bond acceptors (Lipinski definition) is 6. The molecule has 2 aromatic carbocycles. The second-order valence-electron chi connectivity index (χ2n) is 10.1. The maximum absolute atomic E-state index is 6.39. The lowest BCUT2D eigenvalue weighted by Crippen LogP contribution is -2.46. The van der Waals surface area contributed by atoms with E-state index in [1.54, 1.807) is 6.20 Å². The van der Waals surface area contributed by atoms with Crippen LogP contribution in [0.25, 0.3) is 16.6 Å². The van der Waals surface area contributed by atoms with Crippen LogP contribution in [-0.4, -0.2) is 63.8 Å². The summed E-state index contributed by atoms with van der Waals surface area (Å²) in [5.41, 5.74) is 9.38. The number of ether oxygens (including phenoxy) is 1. The van der Waals surface area contributed by atoms with Crippen molar-refractivity contribution in [2.24, 2.45) is 0 Å². The van der Waals surface area contributed by atoms with Gasteiger partial charge < -0.3 is 20.3 Å². The molecular formula is C29H34N6O. The average molecular weight is 483 g/mol. The highest BCUT2D eigenvalue weighted by Gasteiger charge is 2.30. The SMILES string of the molecule is CN1CCC(N2CCC(c3nn(-c4ccc(Oc5ccccc5)cc4)c4c(N)nccc34)CC2)CC1. The van der Waals surface area contributed by atoms with Crippen LogP contribution in [0.2, 0.25) is 0 Å². The van der Waals surface area contributed by atoms with E-state index < -0.39 is 0 Å². The van der Waals surface area contributed by atoms with Gasteiger partial charge in [-0.1, -0.05) is 18.2 Å². The number of benzene rings is 2. The lowest BCUT2D eigenvalue weighted by atomic mass is 9.90. The van der Waals surface area contributed by atoms with Crippen molar-refractivity contribution in [2.45, 2.75) is 37.6 Å². The summed E-state index contributed by atoms with van der Waals surface area (Å²) in [5.74, 6) is 2.55. The molecule has 0 amide bonds. The van der Waals surface area contributed by atoms with Crippen LogP contribution < -0.4 is 10.5 Å². The Kier molecular flexibility index (Phi) is 6.34. The Morgan fingerprint density at radius 3 is 2.25 bits per heavy atom. The Labute approximate surface area is 212 Å². The Morgan fingerprint density at radius 2 is 1.53 bits per heavy atom. The second kappa shape index (κ2) is 9.91. The predicted octanol–water partition coefficient (Wildman–Crippen LogP) is 5.07. The molecule has 0 saturated carbocycles. The summed E-state index contributed by atoms with van der Waals surface area (Å²) in [6.45, 7) is 4.70. The molecule has 2 aliphatic heterocycles. The highest BCUT2D eigenvalue weighted by Crippen LogP contribution is 2.36. The van der Waals surface area contributed by atoms with Gasteiger partial charge in [0.2, 0.25) is 0 Å². The summed E-state index contributed by atoms with van der Waals surface area (Å²) in [5, 5.41) is 6.25. The van der Waals surface area contributed by atoms with Crippen LogP contribution in [0, 0.1) is 0 Å². The van der Waals surface area contributed by atoms with E-state index in [0.717, 1.165) is 65.8 Å². The summed E-state index contributed by atoms with van der Waals surface area (Å²) in [7, 11) is 2.23. The molecule has 2 saturated heterocycles. The number of nitrogens with zero attached hydrogens (tertiary/aromatic N) is 5. The lowest BCUT2D eigenvalue weighted by Gasteiger charge is -2.40. The summed E-state index contributed by atoms with van der Waals surface area (Å²) >= 11 is 0. The summed E-state index contributed by atoms with van der Waals surface area (Å²) in [6, 6.07) is 20.6. The smallest absolute Gasteiger partial charge is 0.150 e. The third-order valence-corrected chi connectivity index (χ3v) is 7.83. The molecule has 6 rings (SSSR count). The fraction of sp³-hybridized carbons (Fsp3) is 0.379. The Bertz CT molecular complexity index is 1300. The number of para-hydroxylation sites is 1. The molecule has 2 aromatic heterocycles. The zero-order valence-electron chi connectivity index (χ0n) is 20.9. The van der Waals surface area contributed by atoms with Crippen molar-refractivity contribution in [1.82, 2.24) is 24.6 Å². The topological polar surface area (TPSA) is 72.4 Å². The van der Waals surface area contributed by atoms with Gasteiger partial charge in [0, 0.05) is 23.5 Å². The quantitative estimate of drug-likeness (QED) is 0.428. The summed E-state index contributed by atoms with van der Waals surface area (Å²) in [4.78, 5) is 9.54. The molecule has 0 atom stereocenters. The van der Waals surface area contributed by atoms with Gasteiger partial charge in [0.1, 0.15) is 22.8 Å². The third-order valence-electron chi connectivity index (χ3n) is 7.83. The van der Waals surface area contributed by atoms with E-state index in [0.29, 0.717) is 11.7 Å². The number of pyridine rings is 1. The largest absolute Gasteiger partial charge is 0.457 e. The second-order valence-corrected chi connectivity index (χ2v) is 10.1. The van der Waals surface area contributed by atoms with Crippen LogP contribution in [0.1, 0.15) is 37.3 Å². The molecule has 0 unspecified atom stereocenters. The van der Waals surface area contributed by atoms with Crippen molar-refractivity contribution in [2.75, 3.05) is 39.0 Å². The van der Waals surface area contributed by atoms with Crippen LogP contribution in [0.5, 0.6) is 11.5 Å². The monoisotopic (exact) mass is 482 g/mol. The molecular weight excluding hydrogens is 448 g/mol. The maximum atomic E-state index is 6.39. The number of rotatable bonds is 5. The Balaban J connectivity index is 1.24. The Hall–Kier alpha value is -3.42. The van der Waals surface area contributed by atoms with E-state index in [1.807, 2.05) is 59.3 Å². The fourth-order valence-corrected chi connectivity index (χ4v) is 5.78. The molecule has 2 aliphatic rings. The van der Waals surface area contributed by atoms with E-state index >= 15 is 0 Å². The van der Waals surface area contributed by atoms with Gasteiger partial charge in [-0.2, -0.15) is 5.10 Å². The molecule has 4 aromatic rings. The van der Waals surface area contributed by atoms with Gasteiger partial charge >= 0.3 is 0 Å². The molecule has 0 spiro atoms. The molecule has 0 radical (unpaired) electrons. The number of anilines is 1. The highest BCUT2D eigenvalue weighted by molar-refractivity contribution is 5.91. The molecule has 0 aliphatic carbocycles. The van der Waals surface area contributed by atoms with Crippen molar-refractivity contribution < 1.29 is 4.74 Å². The van der Waals surface area contributed by atoms with Crippen LogP contribution in [0.3, 0.4) is 0 Å². The molecule has 2 fully saturated rings. The molecule has 7 heteroatoms. The zero-order valence-corrected chi connectivity index (χ0v) is 20.9. The van der Waals surface area contributed by atoms with Crippen LogP contribution in [0.15, 0.2) is 66.9 Å². The normalized spacial score (nSPS) is 18.6. The first-order valence-electron chi connectivity index (χ1n) is 13.0. The van der Waals surface area contributed by atoms with Crippen LogP contribution in [0.4, 0.5) is 5.82 Å². The number of aromatic nitrogens is 3. The molecule has 36 heavy (non-hydrogen) atoms. The standard InChI is InChI=1S/C29H34N6O/c1-33-17-14-22(15-18-33)34-19-12-21(13-20-34)27-26-11-16-31-29(30)28(26)35(32-27)23-7-9-25(10-8-23)36-24-5-3-2-4-6-24/h2-11,16,21-22H,12-15,17-20H2,1H3,(H2,30,31). The number of piperidine rings is 2. The van der Waals surface area contributed by atoms with Crippen molar-refractivity contribution in [3.63, 3.8) is 0 Å². The van der Waals surface area contributed by atoms with Gasteiger partial charge in [-0.15, -0.1) is 0 Å². The first kappa shape index (κ1) is 23.0. The van der Waals surface area contributed by atoms with Gasteiger partial charge in [0.25, 0.3) is 0 Å². The van der Waals surface area contributed by atoms with Gasteiger partial charge in [0.15, 0.2) is 0 Å². The first-order valence-corrected chi connectivity index (χ1v) is 13.0. The van der Waals surface area contributed by atoms with E-state index in [2.05, 4.69) is 27.9 Å². The van der Waals surface area contributed by atoms with Crippen molar-refractivity contribution in [1.29, 1.82) is 0 Å². The maximum Gasteiger partial charge on any atom is 0.150 e. The number of fused-ring (bicyclic) bond motifs is 1. The minimum absolute atomic E-state index is 0.429. The van der Waals surface area contributed by atoms with Crippen molar-refractivity contribution >= 4 is 16.7 Å². The van der Waals surface area contributed by atoms with Gasteiger partial charge in [-0.25, -0.2) is 9.67 Å². The minimum Gasteiger partial charge on any atom is -0.457 e. The van der Waals surface area contributed by atoms with E-state index in [4.69, 9.17) is 15.6 Å². The molecule has 0 bridgehead atoms. The number of nitrogens with two attached hydrogens (primary N) is 1. The first-order chi connectivity index (χ1) is 17.7. The summed E-state index contributed by atoms with van der Waals surface area (Å²) in [6.07, 6.45) is 6.63. The average Bonchev–Trinajstić information content (AvgIpc) is 3.31. The lowest BCUT2D eigenvalue weighted by molar-refractivity contribution is 0.0963. The number of nitrogen functional groups attached to an aromatic ring is 1. The zero-order chi connectivity index (χ0) is 24.5. The molecule has 2 N–H and O–H groups in total. The third kappa shape index (κ3) is 4.56. The van der Waals surface area contributed by atoms with E-state index in [9.17, 15) is 0 Å². The molecule has 7 nitrogen and oxygen atoms in total. The molecule has 4 heterocycles. The van der Waals surface area contributed by atoms with E-state index in [-0.39, 0.29) is 0 Å². The number of likely N-dealkylation sites (tertiary alicyclic amines) is 2. The fourth-order valence-electron chi connectivity index (χ4n) is 5.78.